The highest BCUT2D eigenvalue weighted by atomic mass is 15.1. The second-order valence-corrected chi connectivity index (χ2v) is 4.15. The fourth-order valence-electron chi connectivity index (χ4n) is 1.96. The van der Waals surface area contributed by atoms with Crippen LogP contribution in [0.25, 0.3) is 0 Å². The summed E-state index contributed by atoms with van der Waals surface area (Å²) in [6.45, 7) is 6.09. The van der Waals surface area contributed by atoms with Crippen LogP contribution < -0.4 is 5.73 Å². The summed E-state index contributed by atoms with van der Waals surface area (Å²) in [7, 11) is 2.14. The first-order valence-corrected chi connectivity index (χ1v) is 5.66. The second kappa shape index (κ2) is 5.89. The van der Waals surface area contributed by atoms with Crippen LogP contribution in [0, 0.1) is 6.92 Å². The zero-order valence-electron chi connectivity index (χ0n) is 10.0. The van der Waals surface area contributed by atoms with Crippen molar-refractivity contribution in [3.05, 3.63) is 35.4 Å². The SMILES string of the molecule is CCCN(C)C(CN)c1cccc(C)c1. The van der Waals surface area contributed by atoms with Gasteiger partial charge >= 0.3 is 0 Å². The molecule has 0 aliphatic heterocycles. The monoisotopic (exact) mass is 206 g/mol. The normalized spacial score (nSPS) is 13.1. The van der Waals surface area contributed by atoms with Crippen LogP contribution in [-0.2, 0) is 0 Å². The van der Waals surface area contributed by atoms with Gasteiger partial charge in [0.25, 0.3) is 0 Å². The van der Waals surface area contributed by atoms with Gasteiger partial charge in [-0.25, -0.2) is 0 Å². The molecule has 0 amide bonds. The Kier molecular flexibility index (Phi) is 4.79. The molecule has 15 heavy (non-hydrogen) atoms. The van der Waals surface area contributed by atoms with Gasteiger partial charge in [0.05, 0.1) is 0 Å². The van der Waals surface area contributed by atoms with E-state index in [1.807, 2.05) is 0 Å². The highest BCUT2D eigenvalue weighted by Crippen LogP contribution is 2.19. The van der Waals surface area contributed by atoms with Crippen molar-refractivity contribution in [1.29, 1.82) is 0 Å². The fourth-order valence-corrected chi connectivity index (χ4v) is 1.96. The van der Waals surface area contributed by atoms with Gasteiger partial charge in [0.1, 0.15) is 0 Å². The lowest BCUT2D eigenvalue weighted by Gasteiger charge is -2.27. The minimum atomic E-state index is 0.352. The van der Waals surface area contributed by atoms with Crippen LogP contribution in [0.3, 0.4) is 0 Å². The summed E-state index contributed by atoms with van der Waals surface area (Å²) in [5, 5.41) is 0. The van der Waals surface area contributed by atoms with Gasteiger partial charge in [0, 0.05) is 12.6 Å². The summed E-state index contributed by atoms with van der Waals surface area (Å²) in [5.74, 6) is 0. The third kappa shape index (κ3) is 3.33. The molecule has 1 rings (SSSR count). The molecule has 0 aliphatic carbocycles. The molecular formula is C13H22N2. The Morgan fingerprint density at radius 3 is 2.67 bits per heavy atom. The number of rotatable bonds is 5. The predicted molar refractivity (Wildman–Crippen MR) is 65.9 cm³/mol. The average Bonchev–Trinajstić information content (AvgIpc) is 2.19. The Hall–Kier alpha value is -0.860. The van der Waals surface area contributed by atoms with Gasteiger partial charge in [-0.1, -0.05) is 36.8 Å². The zero-order valence-corrected chi connectivity index (χ0v) is 10.0. The number of nitrogens with two attached hydrogens (primary N) is 1. The van der Waals surface area contributed by atoms with E-state index in [4.69, 9.17) is 5.73 Å². The quantitative estimate of drug-likeness (QED) is 0.801. The Balaban J connectivity index is 2.82. The number of likely N-dealkylation sites (N-methyl/N-ethyl adjacent to an activating group) is 1. The molecule has 1 unspecified atom stereocenters. The van der Waals surface area contributed by atoms with Gasteiger partial charge in [-0.05, 0) is 32.5 Å². The third-order valence-corrected chi connectivity index (χ3v) is 2.76. The molecule has 1 aromatic carbocycles. The largest absolute Gasteiger partial charge is 0.329 e. The molecule has 2 nitrogen and oxygen atoms in total. The molecule has 2 N–H and O–H groups in total. The minimum Gasteiger partial charge on any atom is -0.329 e. The highest BCUT2D eigenvalue weighted by molar-refractivity contribution is 5.25. The Morgan fingerprint density at radius 2 is 2.13 bits per heavy atom. The maximum absolute atomic E-state index is 5.84. The van der Waals surface area contributed by atoms with E-state index in [1.165, 1.54) is 17.5 Å². The van der Waals surface area contributed by atoms with Crippen molar-refractivity contribution < 1.29 is 0 Å². The summed E-state index contributed by atoms with van der Waals surface area (Å²) in [5.41, 5.74) is 8.47. The zero-order chi connectivity index (χ0) is 11.3. The maximum Gasteiger partial charge on any atom is 0.0467 e. The molecule has 2 heteroatoms. The molecule has 0 fully saturated rings. The van der Waals surface area contributed by atoms with Gasteiger partial charge in [0.15, 0.2) is 0 Å². The van der Waals surface area contributed by atoms with Crippen LogP contribution in [0.1, 0.15) is 30.5 Å². The highest BCUT2D eigenvalue weighted by Gasteiger charge is 2.14. The van der Waals surface area contributed by atoms with Crippen molar-refractivity contribution in [3.63, 3.8) is 0 Å². The summed E-state index contributed by atoms with van der Waals surface area (Å²) in [6, 6.07) is 8.97. The average molecular weight is 206 g/mol. The van der Waals surface area contributed by atoms with Crippen LogP contribution >= 0.6 is 0 Å². The summed E-state index contributed by atoms with van der Waals surface area (Å²) >= 11 is 0. The molecule has 0 spiro atoms. The van der Waals surface area contributed by atoms with Crippen LogP contribution in [0.15, 0.2) is 24.3 Å². The Labute approximate surface area is 93.1 Å². The third-order valence-electron chi connectivity index (χ3n) is 2.76. The number of benzene rings is 1. The molecule has 0 saturated carbocycles. The molecule has 1 atom stereocenters. The number of hydrogen-bond donors (Lipinski definition) is 1. The van der Waals surface area contributed by atoms with Gasteiger partial charge in [-0.15, -0.1) is 0 Å². The van der Waals surface area contributed by atoms with E-state index in [0.29, 0.717) is 12.6 Å². The summed E-state index contributed by atoms with van der Waals surface area (Å²) in [6.07, 6.45) is 1.17. The Bertz CT molecular complexity index is 296. The predicted octanol–water partition coefficient (Wildman–Crippen LogP) is 2.34. The first-order valence-electron chi connectivity index (χ1n) is 5.66. The lowest BCUT2D eigenvalue weighted by molar-refractivity contribution is 0.250. The molecule has 0 bridgehead atoms. The van der Waals surface area contributed by atoms with Gasteiger partial charge in [-0.2, -0.15) is 0 Å². The van der Waals surface area contributed by atoms with Crippen molar-refractivity contribution in [1.82, 2.24) is 4.90 Å². The molecule has 0 radical (unpaired) electrons. The van der Waals surface area contributed by atoms with Crippen molar-refractivity contribution in [2.45, 2.75) is 26.3 Å². The Morgan fingerprint density at radius 1 is 1.40 bits per heavy atom. The number of nitrogens with zero attached hydrogens (tertiary/aromatic N) is 1. The standard InChI is InChI=1S/C13H22N2/c1-4-8-15(3)13(10-14)12-7-5-6-11(2)9-12/h5-7,9,13H,4,8,10,14H2,1-3H3. The van der Waals surface area contributed by atoms with Crippen LogP contribution in [0.4, 0.5) is 0 Å². The first kappa shape index (κ1) is 12.2. The van der Waals surface area contributed by atoms with Crippen molar-refractivity contribution in [2.24, 2.45) is 5.73 Å². The molecule has 1 aromatic rings. The molecule has 0 heterocycles. The number of aryl methyl sites for hydroxylation is 1. The fraction of sp³-hybridized carbons (Fsp3) is 0.538. The van der Waals surface area contributed by atoms with Crippen molar-refractivity contribution >= 4 is 0 Å². The molecular weight excluding hydrogens is 184 g/mol. The molecule has 0 saturated heterocycles. The van der Waals surface area contributed by atoms with Crippen LogP contribution in [-0.4, -0.2) is 25.0 Å². The summed E-state index contributed by atoms with van der Waals surface area (Å²) in [4.78, 5) is 2.33. The lowest BCUT2D eigenvalue weighted by atomic mass is 10.0. The van der Waals surface area contributed by atoms with Crippen molar-refractivity contribution in [2.75, 3.05) is 20.1 Å². The van der Waals surface area contributed by atoms with E-state index in [0.717, 1.165) is 6.54 Å². The van der Waals surface area contributed by atoms with E-state index in [-0.39, 0.29) is 0 Å². The van der Waals surface area contributed by atoms with Crippen LogP contribution in [0.2, 0.25) is 0 Å². The van der Waals surface area contributed by atoms with Crippen molar-refractivity contribution in [3.8, 4) is 0 Å². The van der Waals surface area contributed by atoms with E-state index in [2.05, 4.69) is 50.1 Å². The second-order valence-electron chi connectivity index (χ2n) is 4.15. The van der Waals surface area contributed by atoms with Gasteiger partial charge in [0.2, 0.25) is 0 Å². The first-order chi connectivity index (χ1) is 7.19. The molecule has 0 aromatic heterocycles. The maximum atomic E-state index is 5.84. The minimum absolute atomic E-state index is 0.352. The van der Waals surface area contributed by atoms with Crippen LogP contribution in [0.5, 0.6) is 0 Å². The molecule has 0 aliphatic rings. The topological polar surface area (TPSA) is 29.3 Å². The van der Waals surface area contributed by atoms with Gasteiger partial charge < -0.3 is 5.73 Å². The van der Waals surface area contributed by atoms with E-state index >= 15 is 0 Å². The van der Waals surface area contributed by atoms with E-state index < -0.39 is 0 Å². The van der Waals surface area contributed by atoms with E-state index in [9.17, 15) is 0 Å². The van der Waals surface area contributed by atoms with E-state index in [1.54, 1.807) is 0 Å². The summed E-state index contributed by atoms with van der Waals surface area (Å²) < 4.78 is 0. The van der Waals surface area contributed by atoms with Gasteiger partial charge in [-0.3, -0.25) is 4.90 Å². The number of hydrogen-bond acceptors (Lipinski definition) is 2. The lowest BCUT2D eigenvalue weighted by Crippen LogP contribution is -2.31. The molecule has 84 valence electrons. The smallest absolute Gasteiger partial charge is 0.0467 e.